The van der Waals surface area contributed by atoms with E-state index in [2.05, 4.69) is 10.6 Å². The molecule has 1 aromatic carbocycles. The van der Waals surface area contributed by atoms with Gasteiger partial charge in [0.05, 0.1) is 0 Å². The highest BCUT2D eigenvalue weighted by atomic mass is 16.2. The molecule has 104 valence electrons. The zero-order valence-electron chi connectivity index (χ0n) is 11.5. The molecule has 0 spiro atoms. The molecule has 1 rings (SSSR count). The van der Waals surface area contributed by atoms with E-state index in [9.17, 15) is 9.59 Å². The fraction of sp³-hybridized carbons (Fsp3) is 0.429. The number of unbranched alkanes of at least 4 members (excludes halogenated alkanes) is 1. The van der Waals surface area contributed by atoms with Crippen molar-refractivity contribution < 1.29 is 9.59 Å². The van der Waals surface area contributed by atoms with Crippen LogP contribution in [0.25, 0.3) is 0 Å². The van der Waals surface area contributed by atoms with Crippen molar-refractivity contribution in [3.05, 3.63) is 23.8 Å². The standard InChI is InChI=1S/C14H21N3O2/c1-10-6-7-12(9-13(10)16-11(2)18)17-14(19)5-3-4-8-15/h6-7,9H,3-5,8,15H2,1-2H3,(H,16,18)(H,17,19). The first-order valence-electron chi connectivity index (χ1n) is 6.41. The predicted molar refractivity (Wildman–Crippen MR) is 77.0 cm³/mol. The predicted octanol–water partition coefficient (Wildman–Crippen LogP) is 2.02. The summed E-state index contributed by atoms with van der Waals surface area (Å²) < 4.78 is 0. The first-order chi connectivity index (χ1) is 9.02. The molecule has 0 saturated heterocycles. The molecule has 0 heterocycles. The van der Waals surface area contributed by atoms with Crippen LogP contribution in [0.1, 0.15) is 31.7 Å². The molecule has 0 aromatic heterocycles. The van der Waals surface area contributed by atoms with E-state index in [1.54, 1.807) is 6.07 Å². The van der Waals surface area contributed by atoms with E-state index in [1.807, 2.05) is 19.1 Å². The molecule has 5 nitrogen and oxygen atoms in total. The molecule has 0 aliphatic carbocycles. The Balaban J connectivity index is 2.63. The lowest BCUT2D eigenvalue weighted by Crippen LogP contribution is -2.13. The van der Waals surface area contributed by atoms with Crippen LogP contribution in [0.2, 0.25) is 0 Å². The van der Waals surface area contributed by atoms with Crippen molar-refractivity contribution in [3.8, 4) is 0 Å². The van der Waals surface area contributed by atoms with Gasteiger partial charge in [0.15, 0.2) is 0 Å². The first kappa shape index (κ1) is 15.2. The molecule has 0 atom stereocenters. The highest BCUT2D eigenvalue weighted by Crippen LogP contribution is 2.20. The molecule has 0 unspecified atom stereocenters. The Morgan fingerprint density at radius 1 is 1.21 bits per heavy atom. The molecule has 2 amide bonds. The molecule has 0 bridgehead atoms. The lowest BCUT2D eigenvalue weighted by Gasteiger charge is -2.10. The van der Waals surface area contributed by atoms with Crippen LogP contribution >= 0.6 is 0 Å². The third-order valence-corrected chi connectivity index (χ3v) is 2.69. The number of anilines is 2. The van der Waals surface area contributed by atoms with Crippen molar-refractivity contribution in [2.75, 3.05) is 17.2 Å². The highest BCUT2D eigenvalue weighted by Gasteiger charge is 2.05. The number of rotatable bonds is 6. The lowest BCUT2D eigenvalue weighted by molar-refractivity contribution is -0.116. The minimum absolute atomic E-state index is 0.0360. The number of aryl methyl sites for hydroxylation is 1. The van der Waals surface area contributed by atoms with E-state index in [-0.39, 0.29) is 11.8 Å². The maximum absolute atomic E-state index is 11.7. The second-order valence-electron chi connectivity index (χ2n) is 4.50. The van der Waals surface area contributed by atoms with E-state index in [0.29, 0.717) is 24.3 Å². The average Bonchev–Trinajstić information content (AvgIpc) is 2.33. The van der Waals surface area contributed by atoms with Gasteiger partial charge < -0.3 is 16.4 Å². The van der Waals surface area contributed by atoms with Gasteiger partial charge in [0.25, 0.3) is 0 Å². The van der Waals surface area contributed by atoms with E-state index < -0.39 is 0 Å². The Bertz CT molecular complexity index is 458. The summed E-state index contributed by atoms with van der Waals surface area (Å²) in [5, 5.41) is 5.54. The van der Waals surface area contributed by atoms with Gasteiger partial charge in [0.1, 0.15) is 0 Å². The SMILES string of the molecule is CC(=O)Nc1cc(NC(=O)CCCCN)ccc1C. The monoisotopic (exact) mass is 263 g/mol. The van der Waals surface area contributed by atoms with Crippen LogP contribution in [-0.4, -0.2) is 18.4 Å². The number of hydrogen-bond acceptors (Lipinski definition) is 3. The third kappa shape index (κ3) is 5.52. The number of carbonyl (C=O) groups excluding carboxylic acids is 2. The van der Waals surface area contributed by atoms with Gasteiger partial charge in [-0.05, 0) is 44.0 Å². The quantitative estimate of drug-likeness (QED) is 0.686. The fourth-order valence-corrected chi connectivity index (χ4v) is 1.68. The molecular formula is C14H21N3O2. The van der Waals surface area contributed by atoms with Gasteiger partial charge in [-0.2, -0.15) is 0 Å². The van der Waals surface area contributed by atoms with E-state index in [4.69, 9.17) is 5.73 Å². The summed E-state index contributed by atoms with van der Waals surface area (Å²) in [4.78, 5) is 22.7. The van der Waals surface area contributed by atoms with Crippen LogP contribution in [0, 0.1) is 6.92 Å². The number of amides is 2. The van der Waals surface area contributed by atoms with Gasteiger partial charge >= 0.3 is 0 Å². The number of carbonyl (C=O) groups is 2. The van der Waals surface area contributed by atoms with E-state index in [0.717, 1.165) is 18.4 Å². The molecule has 4 N–H and O–H groups in total. The second kappa shape index (κ2) is 7.53. The first-order valence-corrected chi connectivity index (χ1v) is 6.41. The molecule has 0 radical (unpaired) electrons. The molecular weight excluding hydrogens is 242 g/mol. The van der Waals surface area contributed by atoms with Gasteiger partial charge in [-0.15, -0.1) is 0 Å². The van der Waals surface area contributed by atoms with E-state index >= 15 is 0 Å². The summed E-state index contributed by atoms with van der Waals surface area (Å²) in [5.41, 5.74) is 7.74. The summed E-state index contributed by atoms with van der Waals surface area (Å²) in [5.74, 6) is -0.166. The Morgan fingerprint density at radius 3 is 2.58 bits per heavy atom. The zero-order chi connectivity index (χ0) is 14.3. The molecule has 5 heteroatoms. The number of benzene rings is 1. The van der Waals surface area contributed by atoms with Crippen molar-refractivity contribution in [2.24, 2.45) is 5.73 Å². The summed E-state index contributed by atoms with van der Waals surface area (Å²) >= 11 is 0. The molecule has 0 fully saturated rings. The Hall–Kier alpha value is -1.88. The molecule has 0 saturated carbocycles. The van der Waals surface area contributed by atoms with Gasteiger partial charge in [-0.1, -0.05) is 6.07 Å². The largest absolute Gasteiger partial charge is 0.330 e. The fourth-order valence-electron chi connectivity index (χ4n) is 1.68. The Morgan fingerprint density at radius 2 is 1.95 bits per heavy atom. The summed E-state index contributed by atoms with van der Waals surface area (Å²) in [6.45, 7) is 3.96. The maximum atomic E-state index is 11.7. The molecule has 0 aliphatic heterocycles. The minimum atomic E-state index is -0.130. The summed E-state index contributed by atoms with van der Waals surface area (Å²) in [6, 6.07) is 5.44. The van der Waals surface area contributed by atoms with Crippen molar-refractivity contribution in [1.29, 1.82) is 0 Å². The van der Waals surface area contributed by atoms with Gasteiger partial charge in [-0.3, -0.25) is 9.59 Å². The van der Waals surface area contributed by atoms with E-state index in [1.165, 1.54) is 6.92 Å². The van der Waals surface area contributed by atoms with Crippen molar-refractivity contribution >= 4 is 23.2 Å². The van der Waals surface area contributed by atoms with Crippen LogP contribution in [0.3, 0.4) is 0 Å². The highest BCUT2D eigenvalue weighted by molar-refractivity contribution is 5.93. The number of nitrogens with two attached hydrogens (primary N) is 1. The zero-order valence-corrected chi connectivity index (χ0v) is 11.5. The van der Waals surface area contributed by atoms with Gasteiger partial charge in [0, 0.05) is 24.7 Å². The Kier molecular flexibility index (Phi) is 6.02. The van der Waals surface area contributed by atoms with Crippen molar-refractivity contribution in [2.45, 2.75) is 33.1 Å². The number of hydrogen-bond donors (Lipinski definition) is 3. The van der Waals surface area contributed by atoms with Crippen LogP contribution in [0.4, 0.5) is 11.4 Å². The minimum Gasteiger partial charge on any atom is -0.330 e. The lowest BCUT2D eigenvalue weighted by atomic mass is 10.1. The Labute approximate surface area is 113 Å². The maximum Gasteiger partial charge on any atom is 0.224 e. The normalized spacial score (nSPS) is 10.1. The third-order valence-electron chi connectivity index (χ3n) is 2.69. The summed E-state index contributed by atoms with van der Waals surface area (Å²) in [6.07, 6.45) is 2.09. The summed E-state index contributed by atoms with van der Waals surface area (Å²) in [7, 11) is 0. The van der Waals surface area contributed by atoms with Crippen LogP contribution < -0.4 is 16.4 Å². The van der Waals surface area contributed by atoms with Crippen LogP contribution in [0.5, 0.6) is 0 Å². The number of nitrogens with one attached hydrogen (secondary N) is 2. The smallest absolute Gasteiger partial charge is 0.224 e. The molecule has 0 aliphatic rings. The van der Waals surface area contributed by atoms with Gasteiger partial charge in [-0.25, -0.2) is 0 Å². The van der Waals surface area contributed by atoms with Gasteiger partial charge in [0.2, 0.25) is 11.8 Å². The average molecular weight is 263 g/mol. The van der Waals surface area contributed by atoms with Crippen LogP contribution in [0.15, 0.2) is 18.2 Å². The molecule has 1 aromatic rings. The topological polar surface area (TPSA) is 84.2 Å². The van der Waals surface area contributed by atoms with Crippen molar-refractivity contribution in [1.82, 2.24) is 0 Å². The second-order valence-corrected chi connectivity index (χ2v) is 4.50. The van der Waals surface area contributed by atoms with Crippen molar-refractivity contribution in [3.63, 3.8) is 0 Å². The molecule has 19 heavy (non-hydrogen) atoms. The van der Waals surface area contributed by atoms with Crippen LogP contribution in [-0.2, 0) is 9.59 Å².